The monoisotopic (exact) mass is 478 g/mol. The van der Waals surface area contributed by atoms with Gasteiger partial charge in [0.1, 0.15) is 17.5 Å². The molecular weight excluding hydrogens is 451 g/mol. The highest BCUT2D eigenvalue weighted by atomic mass is 32.1. The zero-order valence-electron chi connectivity index (χ0n) is 18.9. The van der Waals surface area contributed by atoms with E-state index in [0.29, 0.717) is 23.3 Å². The lowest BCUT2D eigenvalue weighted by Gasteiger charge is -2.18. The lowest BCUT2D eigenvalue weighted by Crippen LogP contribution is -2.36. The van der Waals surface area contributed by atoms with E-state index in [1.54, 1.807) is 12.1 Å². The van der Waals surface area contributed by atoms with Crippen molar-refractivity contribution >= 4 is 28.8 Å². The number of nitrogens with zero attached hydrogens (tertiary/aromatic N) is 5. The van der Waals surface area contributed by atoms with E-state index in [-0.39, 0.29) is 5.82 Å². The summed E-state index contributed by atoms with van der Waals surface area (Å²) >= 11 is 5.28. The number of likely N-dealkylation sites (N-methyl/N-ethyl adjacent to an activating group) is 1. The lowest BCUT2D eigenvalue weighted by atomic mass is 10.3. The second-order valence-corrected chi connectivity index (χ2v) is 8.12. The van der Waals surface area contributed by atoms with E-state index < -0.39 is 0 Å². The Morgan fingerprint density at radius 1 is 0.941 bits per heavy atom. The summed E-state index contributed by atoms with van der Waals surface area (Å²) in [6, 6.07) is 16.0. The fraction of sp³-hybridized carbons (Fsp3) is 0.208. The van der Waals surface area contributed by atoms with Crippen molar-refractivity contribution in [1.82, 2.24) is 29.3 Å². The number of halogens is 1. The number of rotatable bonds is 10. The maximum Gasteiger partial charge on any atom is 0.237 e. The SMILES string of the molecule is CN(CCNC(=S)Nc1cccc(F)c1)CCNc1cc(-n2cccc2)nc(-n2cccc2)n1. The molecule has 3 heterocycles. The molecule has 4 aromatic rings. The van der Waals surface area contributed by atoms with Crippen LogP contribution in [0.4, 0.5) is 15.9 Å². The van der Waals surface area contributed by atoms with Crippen LogP contribution in [0, 0.1) is 5.82 Å². The Balaban J connectivity index is 1.25. The predicted octanol–water partition coefficient (Wildman–Crippen LogP) is 3.53. The summed E-state index contributed by atoms with van der Waals surface area (Å²) in [6.45, 7) is 2.99. The maximum absolute atomic E-state index is 13.3. The predicted molar refractivity (Wildman–Crippen MR) is 137 cm³/mol. The molecule has 0 spiro atoms. The number of nitrogens with one attached hydrogen (secondary N) is 3. The quantitative estimate of drug-likeness (QED) is 0.301. The van der Waals surface area contributed by atoms with Gasteiger partial charge in [0.25, 0.3) is 0 Å². The van der Waals surface area contributed by atoms with Gasteiger partial charge >= 0.3 is 0 Å². The van der Waals surface area contributed by atoms with Crippen LogP contribution in [0.2, 0.25) is 0 Å². The molecule has 1 aromatic carbocycles. The van der Waals surface area contributed by atoms with E-state index >= 15 is 0 Å². The summed E-state index contributed by atoms with van der Waals surface area (Å²) in [5.41, 5.74) is 0.624. The van der Waals surface area contributed by atoms with Gasteiger partial charge < -0.3 is 25.4 Å². The molecule has 0 aliphatic carbocycles. The van der Waals surface area contributed by atoms with Crippen LogP contribution in [0.3, 0.4) is 0 Å². The molecule has 0 radical (unpaired) electrons. The van der Waals surface area contributed by atoms with Crippen molar-refractivity contribution < 1.29 is 4.39 Å². The van der Waals surface area contributed by atoms with Gasteiger partial charge in [0.05, 0.1) is 0 Å². The van der Waals surface area contributed by atoms with Gasteiger partial charge in [-0.3, -0.25) is 4.57 Å². The average molecular weight is 479 g/mol. The molecule has 0 fully saturated rings. The van der Waals surface area contributed by atoms with Gasteiger partial charge in [-0.05, 0) is 61.7 Å². The largest absolute Gasteiger partial charge is 0.369 e. The normalized spacial score (nSPS) is 10.9. The zero-order valence-corrected chi connectivity index (χ0v) is 19.7. The molecule has 0 aliphatic rings. The Kier molecular flexibility index (Phi) is 7.84. The van der Waals surface area contributed by atoms with Crippen molar-refractivity contribution in [2.45, 2.75) is 0 Å². The Hall–Kier alpha value is -3.76. The van der Waals surface area contributed by atoms with E-state index in [1.165, 1.54) is 12.1 Å². The zero-order chi connectivity index (χ0) is 23.8. The average Bonchev–Trinajstić information content (AvgIpc) is 3.54. The number of benzene rings is 1. The van der Waals surface area contributed by atoms with E-state index in [1.807, 2.05) is 71.3 Å². The molecule has 3 aromatic heterocycles. The van der Waals surface area contributed by atoms with Gasteiger partial charge in [-0.2, -0.15) is 9.97 Å². The minimum atomic E-state index is -0.301. The highest BCUT2D eigenvalue weighted by Crippen LogP contribution is 2.14. The second-order valence-electron chi connectivity index (χ2n) is 7.71. The molecule has 0 saturated heterocycles. The first-order valence-electron chi connectivity index (χ1n) is 11.0. The fourth-order valence-electron chi connectivity index (χ4n) is 3.30. The van der Waals surface area contributed by atoms with Crippen molar-refractivity contribution in [3.8, 4) is 11.8 Å². The third kappa shape index (κ3) is 6.63. The first-order chi connectivity index (χ1) is 16.6. The third-order valence-electron chi connectivity index (χ3n) is 5.07. The molecule has 4 rings (SSSR count). The Labute approximate surface area is 203 Å². The smallest absolute Gasteiger partial charge is 0.237 e. The fourth-order valence-corrected chi connectivity index (χ4v) is 3.52. The van der Waals surface area contributed by atoms with Crippen LogP contribution < -0.4 is 16.0 Å². The van der Waals surface area contributed by atoms with Gasteiger partial charge in [-0.25, -0.2) is 4.39 Å². The molecule has 0 bridgehead atoms. The minimum Gasteiger partial charge on any atom is -0.369 e. The van der Waals surface area contributed by atoms with E-state index in [4.69, 9.17) is 12.2 Å². The van der Waals surface area contributed by atoms with E-state index in [9.17, 15) is 4.39 Å². The highest BCUT2D eigenvalue weighted by molar-refractivity contribution is 7.80. The maximum atomic E-state index is 13.3. The summed E-state index contributed by atoms with van der Waals surface area (Å²) in [7, 11) is 2.04. The third-order valence-corrected chi connectivity index (χ3v) is 5.31. The molecular formula is C24H27FN8S. The van der Waals surface area contributed by atoms with Crippen LogP contribution in [-0.2, 0) is 0 Å². The minimum absolute atomic E-state index is 0.301. The first kappa shape index (κ1) is 23.4. The summed E-state index contributed by atoms with van der Waals surface area (Å²) in [6.07, 6.45) is 7.76. The van der Waals surface area contributed by atoms with Crippen LogP contribution in [-0.4, -0.2) is 62.3 Å². The van der Waals surface area contributed by atoms with E-state index in [2.05, 4.69) is 30.8 Å². The summed E-state index contributed by atoms with van der Waals surface area (Å²) in [5.74, 6) is 1.86. The molecule has 0 atom stereocenters. The molecule has 3 N–H and O–H groups in total. The number of thiocarbonyl (C=S) groups is 1. The molecule has 0 saturated carbocycles. The van der Waals surface area contributed by atoms with Gasteiger partial charge in [0.15, 0.2) is 5.11 Å². The van der Waals surface area contributed by atoms with Crippen LogP contribution in [0.25, 0.3) is 11.8 Å². The number of hydrogen-bond acceptors (Lipinski definition) is 5. The van der Waals surface area contributed by atoms with Crippen molar-refractivity contribution in [2.75, 3.05) is 43.9 Å². The highest BCUT2D eigenvalue weighted by Gasteiger charge is 2.08. The summed E-state index contributed by atoms with van der Waals surface area (Å²) < 4.78 is 17.1. The van der Waals surface area contributed by atoms with Crippen molar-refractivity contribution in [2.24, 2.45) is 0 Å². The number of anilines is 2. The molecule has 0 unspecified atom stereocenters. The number of hydrogen-bond donors (Lipinski definition) is 3. The van der Waals surface area contributed by atoms with Crippen LogP contribution in [0.5, 0.6) is 0 Å². The second kappa shape index (κ2) is 11.4. The Morgan fingerprint density at radius 3 is 2.38 bits per heavy atom. The molecule has 34 heavy (non-hydrogen) atoms. The molecule has 0 amide bonds. The van der Waals surface area contributed by atoms with Crippen LogP contribution in [0.15, 0.2) is 79.4 Å². The van der Waals surface area contributed by atoms with Gasteiger partial charge in [0.2, 0.25) is 5.95 Å². The van der Waals surface area contributed by atoms with E-state index in [0.717, 1.165) is 31.3 Å². The standard InChI is InChI=1S/C24H27FN8S/c1-31(16-10-27-24(34)28-20-8-6-7-19(25)17-20)15-9-26-21-18-22(32-11-2-3-12-32)30-23(29-21)33-13-4-5-14-33/h2-8,11-14,17-18H,9-10,15-16H2,1H3,(H,26,29,30)(H2,27,28,34). The van der Waals surface area contributed by atoms with Gasteiger partial charge in [0, 0.05) is 62.7 Å². The molecule has 0 aliphatic heterocycles. The molecule has 176 valence electrons. The lowest BCUT2D eigenvalue weighted by molar-refractivity contribution is 0.352. The molecule has 8 nitrogen and oxygen atoms in total. The van der Waals surface area contributed by atoms with Crippen LogP contribution >= 0.6 is 12.2 Å². The van der Waals surface area contributed by atoms with Gasteiger partial charge in [-0.1, -0.05) is 6.07 Å². The molecule has 10 heteroatoms. The van der Waals surface area contributed by atoms with Gasteiger partial charge in [-0.15, -0.1) is 0 Å². The van der Waals surface area contributed by atoms with Crippen molar-refractivity contribution in [1.29, 1.82) is 0 Å². The van der Waals surface area contributed by atoms with Crippen LogP contribution in [0.1, 0.15) is 0 Å². The van der Waals surface area contributed by atoms with Crippen molar-refractivity contribution in [3.05, 3.63) is 85.2 Å². The topological polar surface area (TPSA) is 75.0 Å². The summed E-state index contributed by atoms with van der Waals surface area (Å²) in [5, 5.41) is 10.0. The Morgan fingerprint density at radius 2 is 1.65 bits per heavy atom. The number of aromatic nitrogens is 4. The summed E-state index contributed by atoms with van der Waals surface area (Å²) in [4.78, 5) is 11.5. The van der Waals surface area contributed by atoms with Crippen molar-refractivity contribution in [3.63, 3.8) is 0 Å². The first-order valence-corrected chi connectivity index (χ1v) is 11.4. The Bertz CT molecular complexity index is 1140.